The van der Waals surface area contributed by atoms with E-state index in [1.165, 1.54) is 16.2 Å². The van der Waals surface area contributed by atoms with Gasteiger partial charge in [0.05, 0.1) is 12.2 Å². The molecule has 1 aromatic carbocycles. The fraction of sp³-hybridized carbons (Fsp3) is 0.429. The van der Waals surface area contributed by atoms with E-state index in [2.05, 4.69) is 19.2 Å². The Kier molecular flexibility index (Phi) is 6.16. The minimum Gasteiger partial charge on any atom is -0.484 e. The highest BCUT2D eigenvalue weighted by Gasteiger charge is 2.28. The van der Waals surface area contributed by atoms with Crippen LogP contribution < -0.4 is 10.1 Å². The molecule has 1 heterocycles. The van der Waals surface area contributed by atoms with Crippen LogP contribution in [0.15, 0.2) is 24.3 Å². The van der Waals surface area contributed by atoms with Crippen molar-refractivity contribution < 1.29 is 19.1 Å². The van der Waals surface area contributed by atoms with E-state index in [-0.39, 0.29) is 18.5 Å². The molecule has 0 bridgehead atoms. The van der Waals surface area contributed by atoms with E-state index in [9.17, 15) is 9.59 Å². The summed E-state index contributed by atoms with van der Waals surface area (Å²) in [5.41, 5.74) is 2.70. The Hall–Kier alpha value is -2.34. The highest BCUT2D eigenvalue weighted by Crippen LogP contribution is 2.39. The molecule has 0 unspecified atom stereocenters. The van der Waals surface area contributed by atoms with E-state index in [1.807, 2.05) is 24.3 Å². The first-order valence-electron chi connectivity index (χ1n) is 9.33. The fourth-order valence-corrected chi connectivity index (χ4v) is 4.48. The van der Waals surface area contributed by atoms with Crippen LogP contribution >= 0.6 is 11.3 Å². The number of fused-ring (bicyclic) bond motifs is 1. The lowest BCUT2D eigenvalue weighted by molar-refractivity contribution is -0.118. The minimum absolute atomic E-state index is 0.105. The molecule has 2 aromatic rings. The van der Waals surface area contributed by atoms with Crippen molar-refractivity contribution in [1.82, 2.24) is 0 Å². The summed E-state index contributed by atoms with van der Waals surface area (Å²) in [6, 6.07) is 7.74. The molecule has 1 N–H and O–H groups in total. The highest BCUT2D eigenvalue weighted by molar-refractivity contribution is 7.17. The summed E-state index contributed by atoms with van der Waals surface area (Å²) in [5.74, 6) is 0.409. The van der Waals surface area contributed by atoms with Gasteiger partial charge in [0.15, 0.2) is 6.61 Å². The Morgan fingerprint density at radius 1 is 1.26 bits per heavy atom. The molecule has 0 radical (unpaired) electrons. The summed E-state index contributed by atoms with van der Waals surface area (Å²) in [5, 5.41) is 3.41. The number of nitrogens with one attached hydrogen (secondary N) is 1. The van der Waals surface area contributed by atoms with Gasteiger partial charge in [0.1, 0.15) is 10.8 Å². The molecule has 1 aliphatic carbocycles. The smallest absolute Gasteiger partial charge is 0.341 e. The van der Waals surface area contributed by atoms with E-state index in [0.29, 0.717) is 28.8 Å². The van der Waals surface area contributed by atoms with Gasteiger partial charge in [0.2, 0.25) is 0 Å². The van der Waals surface area contributed by atoms with Crippen molar-refractivity contribution in [2.24, 2.45) is 0 Å². The van der Waals surface area contributed by atoms with Crippen LogP contribution in [0.4, 0.5) is 5.00 Å². The van der Waals surface area contributed by atoms with Crippen molar-refractivity contribution in [2.45, 2.75) is 46.0 Å². The van der Waals surface area contributed by atoms with Crippen LogP contribution in [-0.4, -0.2) is 25.1 Å². The predicted octanol–water partition coefficient (Wildman–Crippen LogP) is 4.55. The number of anilines is 1. The summed E-state index contributed by atoms with van der Waals surface area (Å²) in [6.45, 7) is 6.21. The molecular formula is C21H25NO4S. The third-order valence-electron chi connectivity index (χ3n) is 4.55. The first-order valence-corrected chi connectivity index (χ1v) is 10.2. The van der Waals surface area contributed by atoms with Crippen LogP contribution in [-0.2, 0) is 22.4 Å². The van der Waals surface area contributed by atoms with Gasteiger partial charge in [-0.15, -0.1) is 11.3 Å². The zero-order valence-corrected chi connectivity index (χ0v) is 16.8. The van der Waals surface area contributed by atoms with Crippen molar-refractivity contribution in [2.75, 3.05) is 18.5 Å². The van der Waals surface area contributed by atoms with Crippen molar-refractivity contribution in [3.63, 3.8) is 0 Å². The molecule has 1 aromatic heterocycles. The Morgan fingerprint density at radius 3 is 2.81 bits per heavy atom. The summed E-state index contributed by atoms with van der Waals surface area (Å²) < 4.78 is 10.8. The monoisotopic (exact) mass is 387 g/mol. The van der Waals surface area contributed by atoms with Crippen LogP contribution in [0, 0.1) is 0 Å². The molecule has 1 aliphatic rings. The summed E-state index contributed by atoms with van der Waals surface area (Å²) >= 11 is 1.47. The van der Waals surface area contributed by atoms with Gasteiger partial charge in [-0.05, 0) is 55.4 Å². The standard InChI is InChI=1S/C21H25NO4S/c1-4-25-21(24)19-16-9-6-10-17(16)27-20(19)22-18(23)12-26-15-8-5-7-14(11-15)13(2)3/h5,7-8,11,13H,4,6,9-10,12H2,1-3H3,(H,22,23). The summed E-state index contributed by atoms with van der Waals surface area (Å²) in [7, 11) is 0. The second-order valence-electron chi connectivity index (χ2n) is 6.85. The SMILES string of the molecule is CCOC(=O)c1c(NC(=O)COc2cccc(C(C)C)c2)sc2c1CCC2. The topological polar surface area (TPSA) is 64.6 Å². The van der Waals surface area contributed by atoms with Gasteiger partial charge in [0.25, 0.3) is 5.91 Å². The molecule has 1 amide bonds. The van der Waals surface area contributed by atoms with E-state index < -0.39 is 0 Å². The Labute approximate surface area is 163 Å². The number of benzene rings is 1. The van der Waals surface area contributed by atoms with Crippen LogP contribution in [0.2, 0.25) is 0 Å². The molecule has 0 atom stereocenters. The summed E-state index contributed by atoms with van der Waals surface area (Å²) in [6.07, 6.45) is 2.84. The Morgan fingerprint density at radius 2 is 2.07 bits per heavy atom. The number of aryl methyl sites for hydroxylation is 1. The molecule has 27 heavy (non-hydrogen) atoms. The third kappa shape index (κ3) is 4.50. The molecule has 6 heteroatoms. The molecule has 144 valence electrons. The lowest BCUT2D eigenvalue weighted by atomic mass is 10.0. The second-order valence-corrected chi connectivity index (χ2v) is 7.95. The average molecular weight is 388 g/mol. The lowest BCUT2D eigenvalue weighted by Gasteiger charge is -2.11. The maximum atomic E-state index is 12.4. The second kappa shape index (κ2) is 8.57. The third-order valence-corrected chi connectivity index (χ3v) is 5.76. The number of carbonyl (C=O) groups excluding carboxylic acids is 2. The van der Waals surface area contributed by atoms with Crippen LogP contribution in [0.1, 0.15) is 59.5 Å². The van der Waals surface area contributed by atoms with Gasteiger partial charge >= 0.3 is 5.97 Å². The van der Waals surface area contributed by atoms with Gasteiger partial charge in [-0.3, -0.25) is 4.79 Å². The van der Waals surface area contributed by atoms with Crippen molar-refractivity contribution >= 4 is 28.2 Å². The largest absolute Gasteiger partial charge is 0.484 e. The molecule has 0 fully saturated rings. The number of thiophene rings is 1. The van der Waals surface area contributed by atoms with Gasteiger partial charge in [-0.2, -0.15) is 0 Å². The number of esters is 1. The predicted molar refractivity (Wildman–Crippen MR) is 107 cm³/mol. The molecule has 0 saturated carbocycles. The molecular weight excluding hydrogens is 362 g/mol. The van der Waals surface area contributed by atoms with E-state index in [0.717, 1.165) is 30.4 Å². The number of hydrogen-bond acceptors (Lipinski definition) is 5. The Balaban J connectivity index is 1.68. The lowest BCUT2D eigenvalue weighted by Crippen LogP contribution is -2.21. The first-order chi connectivity index (χ1) is 13.0. The first kappa shape index (κ1) is 19.4. The van der Waals surface area contributed by atoms with Crippen LogP contribution in [0.5, 0.6) is 5.75 Å². The van der Waals surface area contributed by atoms with Gasteiger partial charge in [0, 0.05) is 4.88 Å². The fourth-order valence-electron chi connectivity index (χ4n) is 3.19. The summed E-state index contributed by atoms with van der Waals surface area (Å²) in [4.78, 5) is 25.9. The number of hydrogen-bond donors (Lipinski definition) is 1. The van der Waals surface area contributed by atoms with Crippen molar-refractivity contribution in [3.8, 4) is 5.75 Å². The van der Waals surface area contributed by atoms with Crippen molar-refractivity contribution in [1.29, 1.82) is 0 Å². The highest BCUT2D eigenvalue weighted by atomic mass is 32.1. The zero-order chi connectivity index (χ0) is 19.4. The molecule has 3 rings (SSSR count). The van der Waals surface area contributed by atoms with E-state index >= 15 is 0 Å². The van der Waals surface area contributed by atoms with Gasteiger partial charge in [-0.1, -0.05) is 26.0 Å². The van der Waals surface area contributed by atoms with Gasteiger partial charge in [-0.25, -0.2) is 4.79 Å². The normalized spacial score (nSPS) is 12.7. The maximum Gasteiger partial charge on any atom is 0.341 e. The van der Waals surface area contributed by atoms with E-state index in [4.69, 9.17) is 9.47 Å². The number of amides is 1. The average Bonchev–Trinajstić information content (AvgIpc) is 3.21. The molecule has 0 spiro atoms. The van der Waals surface area contributed by atoms with E-state index in [1.54, 1.807) is 6.92 Å². The van der Waals surface area contributed by atoms with Crippen LogP contribution in [0.3, 0.4) is 0 Å². The Bertz CT molecular complexity index is 841. The molecule has 5 nitrogen and oxygen atoms in total. The number of rotatable bonds is 7. The zero-order valence-electron chi connectivity index (χ0n) is 16.0. The molecule has 0 aliphatic heterocycles. The number of ether oxygens (including phenoxy) is 2. The quantitative estimate of drug-likeness (QED) is 0.708. The molecule has 0 saturated heterocycles. The number of carbonyl (C=O) groups is 2. The maximum absolute atomic E-state index is 12.4. The minimum atomic E-state index is -0.363. The van der Waals surface area contributed by atoms with Crippen LogP contribution in [0.25, 0.3) is 0 Å². The van der Waals surface area contributed by atoms with Crippen molar-refractivity contribution in [3.05, 3.63) is 45.8 Å². The van der Waals surface area contributed by atoms with Gasteiger partial charge < -0.3 is 14.8 Å².